The summed E-state index contributed by atoms with van der Waals surface area (Å²) in [6, 6.07) is 58.8. The van der Waals surface area contributed by atoms with Crippen molar-refractivity contribution in [1.82, 2.24) is 0 Å². The molecule has 0 aliphatic heterocycles. The van der Waals surface area contributed by atoms with E-state index in [1.54, 1.807) is 0 Å². The maximum Gasteiger partial charge on any atom is 0.0470 e. The largest absolute Gasteiger partial charge is 0.310 e. The van der Waals surface area contributed by atoms with Gasteiger partial charge in [0.15, 0.2) is 0 Å². The van der Waals surface area contributed by atoms with Crippen LogP contribution in [0.25, 0.3) is 27.8 Å². The first kappa shape index (κ1) is 36.0. The molecule has 0 amide bonds. The van der Waals surface area contributed by atoms with Crippen molar-refractivity contribution in [3.63, 3.8) is 0 Å². The number of benzene rings is 7. The van der Waals surface area contributed by atoms with E-state index in [2.05, 4.69) is 221 Å². The predicted molar refractivity (Wildman–Crippen MR) is 247 cm³/mol. The fourth-order valence-corrected chi connectivity index (χ4v) is 10.1. The molecule has 2 nitrogen and oxygen atoms in total. The second kappa shape index (κ2) is 13.6. The summed E-state index contributed by atoms with van der Waals surface area (Å²) < 4.78 is 0. The van der Waals surface area contributed by atoms with Crippen LogP contribution in [0.4, 0.5) is 34.1 Å². The molecule has 58 heavy (non-hydrogen) atoms. The van der Waals surface area contributed by atoms with Crippen LogP contribution >= 0.6 is 0 Å². The van der Waals surface area contributed by atoms with Gasteiger partial charge in [-0.1, -0.05) is 125 Å². The van der Waals surface area contributed by atoms with Crippen molar-refractivity contribution in [2.24, 2.45) is 0 Å². The lowest BCUT2D eigenvalue weighted by atomic mass is 9.80. The summed E-state index contributed by atoms with van der Waals surface area (Å²) in [5.41, 5.74) is 22.7. The lowest BCUT2D eigenvalue weighted by molar-refractivity contribution is 0.654. The Hall–Kier alpha value is -6.38. The summed E-state index contributed by atoms with van der Waals surface area (Å²) in [6.07, 6.45) is 7.15. The normalized spacial score (nSPS) is 15.4. The summed E-state index contributed by atoms with van der Waals surface area (Å²) in [4.78, 5) is 4.87. The molecule has 7 aromatic rings. The Morgan fingerprint density at radius 2 is 0.862 bits per heavy atom. The van der Waals surface area contributed by atoms with Gasteiger partial charge in [-0.05, 0) is 166 Å². The monoisotopic (exact) mass is 750 g/mol. The Labute approximate surface area is 344 Å². The minimum atomic E-state index is -0.0913. The summed E-state index contributed by atoms with van der Waals surface area (Å²) in [5.74, 6) is 0. The zero-order chi connectivity index (χ0) is 39.8. The van der Waals surface area contributed by atoms with Crippen molar-refractivity contribution in [2.45, 2.75) is 65.2 Å². The number of anilines is 6. The molecule has 0 heterocycles. The molecular weight excluding hydrogens is 701 g/mol. The van der Waals surface area contributed by atoms with Gasteiger partial charge in [-0.15, -0.1) is 0 Å². The van der Waals surface area contributed by atoms with Crippen LogP contribution in [0, 0.1) is 13.8 Å². The van der Waals surface area contributed by atoms with Crippen LogP contribution in [0.5, 0.6) is 0 Å². The first-order valence-electron chi connectivity index (χ1n) is 20.8. The highest BCUT2D eigenvalue weighted by Crippen LogP contribution is 2.54. The van der Waals surface area contributed by atoms with E-state index in [-0.39, 0.29) is 10.8 Å². The van der Waals surface area contributed by atoms with Crippen molar-refractivity contribution < 1.29 is 0 Å². The van der Waals surface area contributed by atoms with E-state index in [0.29, 0.717) is 0 Å². The zero-order valence-corrected chi connectivity index (χ0v) is 34.5. The van der Waals surface area contributed by atoms with Gasteiger partial charge in [0, 0.05) is 45.0 Å². The highest BCUT2D eigenvalue weighted by atomic mass is 15.1. The molecule has 3 aliphatic rings. The minimum Gasteiger partial charge on any atom is -0.310 e. The lowest BCUT2D eigenvalue weighted by Gasteiger charge is -2.29. The quantitative estimate of drug-likeness (QED) is 0.160. The molecule has 0 fully saturated rings. The topological polar surface area (TPSA) is 6.48 Å². The molecule has 0 saturated heterocycles. The Balaban J connectivity index is 1.10. The first-order chi connectivity index (χ1) is 28.1. The Morgan fingerprint density at radius 3 is 1.45 bits per heavy atom. The Morgan fingerprint density at radius 1 is 0.379 bits per heavy atom. The molecule has 0 unspecified atom stereocenters. The van der Waals surface area contributed by atoms with Crippen molar-refractivity contribution in [1.29, 1.82) is 0 Å². The number of para-hydroxylation sites is 2. The fourth-order valence-electron chi connectivity index (χ4n) is 10.1. The van der Waals surface area contributed by atoms with Gasteiger partial charge in [-0.2, -0.15) is 0 Å². The van der Waals surface area contributed by atoms with Gasteiger partial charge in [0.1, 0.15) is 0 Å². The molecule has 0 radical (unpaired) electrons. The molecule has 10 rings (SSSR count). The molecule has 0 aromatic heterocycles. The van der Waals surface area contributed by atoms with Crippen LogP contribution in [0.3, 0.4) is 0 Å². The molecule has 2 heteroatoms. The molecule has 0 bridgehead atoms. The van der Waals surface area contributed by atoms with Crippen molar-refractivity contribution in [3.8, 4) is 22.3 Å². The standard InChI is InChI=1S/C56H50N2/c1-37-29-39(33-45(31-37)57(41-17-9-7-10-18-41)43-25-27-49-47-21-13-15-23-51(47)55(3,4)53(49)35-43)40-30-38(2)32-46(34-40)58(42-19-11-8-12-20-42)44-26-28-50-48-22-14-16-24-52(48)56(5,6)54(50)36-44/h7-13,15,17-36H,14,16H2,1-6H3. The lowest BCUT2D eigenvalue weighted by Crippen LogP contribution is -2.17. The number of hydrogen-bond acceptors (Lipinski definition) is 2. The van der Waals surface area contributed by atoms with Crippen molar-refractivity contribution >= 4 is 39.7 Å². The highest BCUT2D eigenvalue weighted by Gasteiger charge is 2.39. The maximum atomic E-state index is 2.47. The highest BCUT2D eigenvalue weighted by molar-refractivity contribution is 5.93. The van der Waals surface area contributed by atoms with E-state index in [1.165, 1.54) is 72.5 Å². The van der Waals surface area contributed by atoms with Crippen LogP contribution in [0.15, 0.2) is 175 Å². The van der Waals surface area contributed by atoms with E-state index in [0.717, 1.165) is 41.3 Å². The predicted octanol–water partition coefficient (Wildman–Crippen LogP) is 15.6. The second-order valence-electron chi connectivity index (χ2n) is 17.5. The van der Waals surface area contributed by atoms with Crippen molar-refractivity contribution in [2.75, 3.05) is 9.80 Å². The van der Waals surface area contributed by atoms with E-state index in [4.69, 9.17) is 0 Å². The molecule has 7 aromatic carbocycles. The van der Waals surface area contributed by atoms with Crippen LogP contribution in [-0.2, 0) is 10.8 Å². The van der Waals surface area contributed by atoms with Gasteiger partial charge in [-0.3, -0.25) is 0 Å². The second-order valence-corrected chi connectivity index (χ2v) is 17.5. The minimum absolute atomic E-state index is 0.0428. The van der Waals surface area contributed by atoms with Gasteiger partial charge in [-0.25, -0.2) is 0 Å². The number of allylic oxidation sites excluding steroid dienone is 4. The van der Waals surface area contributed by atoms with Crippen LogP contribution in [0.2, 0.25) is 0 Å². The van der Waals surface area contributed by atoms with Gasteiger partial charge < -0.3 is 9.80 Å². The molecule has 0 spiro atoms. The Bertz CT molecular complexity index is 2800. The average Bonchev–Trinajstić information content (AvgIpc) is 3.60. The summed E-state index contributed by atoms with van der Waals surface area (Å²) in [5, 5.41) is 0. The van der Waals surface area contributed by atoms with Gasteiger partial charge in [0.25, 0.3) is 0 Å². The third-order valence-electron chi connectivity index (χ3n) is 12.9. The average molecular weight is 751 g/mol. The maximum absolute atomic E-state index is 2.47. The molecule has 0 atom stereocenters. The van der Waals surface area contributed by atoms with E-state index >= 15 is 0 Å². The van der Waals surface area contributed by atoms with Crippen LogP contribution in [-0.4, -0.2) is 0 Å². The summed E-state index contributed by atoms with van der Waals surface area (Å²) in [7, 11) is 0. The van der Waals surface area contributed by atoms with Gasteiger partial charge in [0.2, 0.25) is 0 Å². The van der Waals surface area contributed by atoms with Crippen LogP contribution < -0.4 is 9.80 Å². The SMILES string of the molecule is Cc1cc(-c2cc(C)cc(N(c3ccccc3)c3ccc4c(c3)C(C)(C)c3ccccc3-4)c2)cc(N(c2ccccc2)c2ccc3c(c2)C(C)(C)C2=CCCC=C23)c1. The first-order valence-corrected chi connectivity index (χ1v) is 20.8. The molecule has 0 N–H and O–H groups in total. The van der Waals surface area contributed by atoms with E-state index in [1.807, 2.05) is 0 Å². The van der Waals surface area contributed by atoms with E-state index in [9.17, 15) is 0 Å². The fraction of sp³-hybridized carbons (Fsp3) is 0.179. The molecule has 284 valence electrons. The summed E-state index contributed by atoms with van der Waals surface area (Å²) in [6.45, 7) is 13.9. The molecule has 3 aliphatic carbocycles. The summed E-state index contributed by atoms with van der Waals surface area (Å²) >= 11 is 0. The number of rotatable bonds is 7. The number of fused-ring (bicyclic) bond motifs is 6. The zero-order valence-electron chi connectivity index (χ0n) is 34.5. The number of hydrogen-bond donors (Lipinski definition) is 0. The van der Waals surface area contributed by atoms with E-state index < -0.39 is 0 Å². The van der Waals surface area contributed by atoms with Gasteiger partial charge in [0.05, 0.1) is 0 Å². The van der Waals surface area contributed by atoms with Crippen molar-refractivity contribution in [3.05, 3.63) is 209 Å². The number of aryl methyl sites for hydroxylation is 2. The third kappa shape index (κ3) is 5.85. The van der Waals surface area contributed by atoms with Crippen LogP contribution in [0.1, 0.15) is 73.9 Å². The number of nitrogens with zero attached hydrogens (tertiary/aromatic N) is 2. The molecule has 0 saturated carbocycles. The van der Waals surface area contributed by atoms with Gasteiger partial charge >= 0.3 is 0 Å². The Kier molecular flexibility index (Phi) is 8.46. The third-order valence-corrected chi connectivity index (χ3v) is 12.9. The smallest absolute Gasteiger partial charge is 0.0470 e. The molecular formula is C56H50N2.